The SMILES string of the molecule is CCCN1N(C)N(O)C(O)CCCCCCC(CC(=O)O)(CC(=O)O)N1CC(=O)O. The number of hydroxylamine groups is 1. The Hall–Kier alpha value is -1.83. The summed E-state index contributed by atoms with van der Waals surface area (Å²) in [6, 6.07) is 0. The van der Waals surface area contributed by atoms with Crippen LogP contribution in [-0.2, 0) is 14.4 Å². The molecule has 0 amide bonds. The van der Waals surface area contributed by atoms with Gasteiger partial charge in [-0.25, -0.2) is 5.01 Å². The lowest BCUT2D eigenvalue weighted by molar-refractivity contribution is -0.410. The van der Waals surface area contributed by atoms with Gasteiger partial charge in [0.2, 0.25) is 0 Å². The van der Waals surface area contributed by atoms with Crippen LogP contribution >= 0.6 is 0 Å². The number of aliphatic hydroxyl groups excluding tert-OH is 1. The molecule has 0 spiro atoms. The number of carbonyl (C=O) groups is 3. The summed E-state index contributed by atoms with van der Waals surface area (Å²) in [7, 11) is 1.39. The highest BCUT2D eigenvalue weighted by Gasteiger charge is 2.46. The average molecular weight is 434 g/mol. The Kier molecular flexibility index (Phi) is 10.6. The summed E-state index contributed by atoms with van der Waals surface area (Å²) in [5.41, 5.74) is -1.54. The van der Waals surface area contributed by atoms with Crippen molar-refractivity contribution in [3.05, 3.63) is 0 Å². The lowest BCUT2D eigenvalue weighted by Gasteiger charge is -2.51. The molecule has 1 saturated heterocycles. The summed E-state index contributed by atoms with van der Waals surface area (Å²) in [4.78, 5) is 35.1. The molecule has 1 unspecified atom stereocenters. The van der Waals surface area contributed by atoms with Crippen LogP contribution in [0.1, 0.15) is 64.7 Å². The molecule has 12 heteroatoms. The number of carboxylic acid groups (broad SMARTS) is 3. The van der Waals surface area contributed by atoms with Crippen LogP contribution in [-0.4, -0.2) is 95.9 Å². The van der Waals surface area contributed by atoms with E-state index in [0.717, 1.165) is 5.12 Å². The maximum atomic E-state index is 11.7. The first kappa shape index (κ1) is 26.2. The molecule has 1 fully saturated rings. The highest BCUT2D eigenvalue weighted by molar-refractivity contribution is 5.74. The van der Waals surface area contributed by atoms with Crippen molar-refractivity contribution >= 4 is 17.9 Å². The fourth-order valence-electron chi connectivity index (χ4n) is 3.91. The van der Waals surface area contributed by atoms with E-state index in [1.807, 2.05) is 0 Å². The highest BCUT2D eigenvalue weighted by atomic mass is 16.6. The van der Waals surface area contributed by atoms with E-state index in [1.54, 1.807) is 6.92 Å². The normalized spacial score (nSPS) is 23.4. The first-order valence-electron chi connectivity index (χ1n) is 10.1. The van der Waals surface area contributed by atoms with Gasteiger partial charge in [-0.05, 0) is 25.7 Å². The number of hydrogen-bond acceptors (Lipinski definition) is 9. The van der Waals surface area contributed by atoms with Gasteiger partial charge in [0.15, 0.2) is 0 Å². The van der Waals surface area contributed by atoms with Gasteiger partial charge in [-0.1, -0.05) is 31.4 Å². The Labute approximate surface area is 175 Å². The number of carboxylic acids is 3. The van der Waals surface area contributed by atoms with Gasteiger partial charge >= 0.3 is 17.9 Å². The molecule has 1 aliphatic heterocycles. The fourth-order valence-corrected chi connectivity index (χ4v) is 3.91. The lowest BCUT2D eigenvalue weighted by atomic mass is 9.84. The number of aliphatic hydroxyl groups is 1. The van der Waals surface area contributed by atoms with Crippen LogP contribution in [0.15, 0.2) is 0 Å². The standard InChI is InChI=1S/C18H34N4O8/c1-3-10-21-19(2)22(30)14(23)8-6-4-5-7-9-18(11-15(24)25,12-16(26)27)20(21)13-17(28)29/h14,23,30H,3-13H2,1-2H3,(H,24,25)(H,26,27)(H,28,29). The zero-order valence-electron chi connectivity index (χ0n) is 17.6. The summed E-state index contributed by atoms with van der Waals surface area (Å²) in [6.07, 6.45) is 0.961. The summed E-state index contributed by atoms with van der Waals surface area (Å²) in [5, 5.41) is 53.6. The predicted molar refractivity (Wildman–Crippen MR) is 104 cm³/mol. The van der Waals surface area contributed by atoms with E-state index in [-0.39, 0.29) is 19.4 Å². The van der Waals surface area contributed by atoms with Gasteiger partial charge in [0.25, 0.3) is 0 Å². The number of rotatable bonds is 8. The first-order chi connectivity index (χ1) is 14.0. The van der Waals surface area contributed by atoms with Crippen LogP contribution in [0.2, 0.25) is 0 Å². The number of nitrogens with zero attached hydrogens (tertiary/aromatic N) is 4. The molecule has 0 bridgehead atoms. The van der Waals surface area contributed by atoms with Gasteiger partial charge in [-0.3, -0.25) is 19.6 Å². The highest BCUT2D eigenvalue weighted by Crippen LogP contribution is 2.34. The van der Waals surface area contributed by atoms with Crippen molar-refractivity contribution in [3.63, 3.8) is 0 Å². The molecule has 12 nitrogen and oxygen atoms in total. The zero-order chi connectivity index (χ0) is 22.9. The van der Waals surface area contributed by atoms with Gasteiger partial charge in [0.1, 0.15) is 12.8 Å². The molecule has 30 heavy (non-hydrogen) atoms. The van der Waals surface area contributed by atoms with E-state index >= 15 is 0 Å². The third kappa shape index (κ3) is 7.45. The maximum Gasteiger partial charge on any atom is 0.319 e. The molecule has 1 aliphatic rings. The molecule has 0 aliphatic carbocycles. The fraction of sp³-hybridized carbons (Fsp3) is 0.833. The van der Waals surface area contributed by atoms with Crippen LogP contribution in [0.3, 0.4) is 0 Å². The van der Waals surface area contributed by atoms with Crippen LogP contribution in [0.25, 0.3) is 0 Å². The van der Waals surface area contributed by atoms with Crippen molar-refractivity contribution in [2.75, 3.05) is 20.1 Å². The largest absolute Gasteiger partial charge is 0.481 e. The lowest BCUT2D eigenvalue weighted by Crippen LogP contribution is -2.67. The molecule has 0 radical (unpaired) electrons. The summed E-state index contributed by atoms with van der Waals surface area (Å²) in [5.74, 6) is -3.78. The van der Waals surface area contributed by atoms with Crippen molar-refractivity contribution in [2.24, 2.45) is 0 Å². The van der Waals surface area contributed by atoms with E-state index in [2.05, 4.69) is 0 Å². The maximum absolute atomic E-state index is 11.7. The Morgan fingerprint density at radius 3 is 2.03 bits per heavy atom. The molecular weight excluding hydrogens is 400 g/mol. The summed E-state index contributed by atoms with van der Waals surface area (Å²) < 4.78 is 0. The third-order valence-corrected chi connectivity index (χ3v) is 5.25. The van der Waals surface area contributed by atoms with Crippen LogP contribution in [0, 0.1) is 0 Å². The second-order valence-electron chi connectivity index (χ2n) is 7.66. The van der Waals surface area contributed by atoms with Gasteiger partial charge in [0, 0.05) is 13.6 Å². The Bertz CT molecular complexity index is 575. The zero-order valence-corrected chi connectivity index (χ0v) is 17.6. The minimum atomic E-state index is -1.54. The molecule has 0 aromatic carbocycles. The quantitative estimate of drug-likeness (QED) is 0.365. The topological polar surface area (TPSA) is 165 Å². The molecule has 1 heterocycles. The van der Waals surface area contributed by atoms with Gasteiger partial charge in [-0.15, -0.1) is 5.12 Å². The van der Waals surface area contributed by atoms with E-state index in [4.69, 9.17) is 0 Å². The molecule has 0 saturated carbocycles. The van der Waals surface area contributed by atoms with Gasteiger partial charge < -0.3 is 20.4 Å². The van der Waals surface area contributed by atoms with Crippen molar-refractivity contribution in [1.82, 2.24) is 20.4 Å². The van der Waals surface area contributed by atoms with Gasteiger partial charge in [-0.2, -0.15) is 5.12 Å². The first-order valence-corrected chi connectivity index (χ1v) is 10.1. The van der Waals surface area contributed by atoms with E-state index in [0.29, 0.717) is 37.3 Å². The Morgan fingerprint density at radius 2 is 1.53 bits per heavy atom. The van der Waals surface area contributed by atoms with E-state index < -0.39 is 49.1 Å². The molecule has 174 valence electrons. The predicted octanol–water partition coefficient (Wildman–Crippen LogP) is 0.814. The minimum absolute atomic E-state index is 0.154. The smallest absolute Gasteiger partial charge is 0.319 e. The van der Waals surface area contributed by atoms with E-state index in [1.165, 1.54) is 17.2 Å². The van der Waals surface area contributed by atoms with E-state index in [9.17, 15) is 40.0 Å². The molecule has 0 aromatic rings. The number of hydrazine groups is 3. The third-order valence-electron chi connectivity index (χ3n) is 5.25. The van der Waals surface area contributed by atoms with Crippen molar-refractivity contribution in [2.45, 2.75) is 76.5 Å². The average Bonchev–Trinajstić information content (AvgIpc) is 2.63. The molecule has 1 atom stereocenters. The molecule has 1 rings (SSSR count). The Balaban J connectivity index is 3.59. The summed E-state index contributed by atoms with van der Waals surface area (Å²) >= 11 is 0. The number of aliphatic carboxylic acids is 3. The second-order valence-corrected chi connectivity index (χ2v) is 7.66. The van der Waals surface area contributed by atoms with Crippen molar-refractivity contribution in [1.29, 1.82) is 0 Å². The van der Waals surface area contributed by atoms with Crippen LogP contribution in [0.4, 0.5) is 0 Å². The molecule has 0 aromatic heterocycles. The second kappa shape index (κ2) is 12.1. The summed E-state index contributed by atoms with van der Waals surface area (Å²) in [6.45, 7) is 1.29. The van der Waals surface area contributed by atoms with Crippen molar-refractivity contribution < 1.29 is 40.0 Å². The molecular formula is C18H34N4O8. The number of hydrogen-bond donors (Lipinski definition) is 5. The van der Waals surface area contributed by atoms with Crippen LogP contribution in [0.5, 0.6) is 0 Å². The van der Waals surface area contributed by atoms with Gasteiger partial charge in [0.05, 0.1) is 18.4 Å². The Morgan fingerprint density at radius 1 is 0.967 bits per heavy atom. The van der Waals surface area contributed by atoms with Crippen LogP contribution < -0.4 is 0 Å². The minimum Gasteiger partial charge on any atom is -0.481 e. The molecule has 5 N–H and O–H groups in total. The van der Waals surface area contributed by atoms with Crippen molar-refractivity contribution in [3.8, 4) is 0 Å². The monoisotopic (exact) mass is 434 g/mol.